The Morgan fingerprint density at radius 2 is 2.00 bits per heavy atom. The van der Waals surface area contributed by atoms with Gasteiger partial charge in [-0.1, -0.05) is 35.0 Å². The number of hydrogen-bond acceptors (Lipinski definition) is 3. The number of thiophene rings is 1. The summed E-state index contributed by atoms with van der Waals surface area (Å²) in [5, 5.41) is 11.3. The highest BCUT2D eigenvalue weighted by Crippen LogP contribution is 2.31. The van der Waals surface area contributed by atoms with Crippen LogP contribution in [0, 0.1) is 11.8 Å². The molecule has 1 amide bonds. The Balaban J connectivity index is 2.10. The van der Waals surface area contributed by atoms with E-state index in [0.29, 0.717) is 19.9 Å². The molecular weight excluding hydrogens is 317 g/mol. The van der Waals surface area contributed by atoms with Gasteiger partial charge in [-0.05, 0) is 30.3 Å². The lowest BCUT2D eigenvalue weighted by Crippen LogP contribution is -2.11. The molecule has 1 aromatic heterocycles. The zero-order chi connectivity index (χ0) is 14.5. The maximum absolute atomic E-state index is 12.0. The minimum absolute atomic E-state index is 0.185. The molecule has 0 bridgehead atoms. The third-order valence-corrected chi connectivity index (χ3v) is 3.84. The van der Waals surface area contributed by atoms with Gasteiger partial charge in [0.2, 0.25) is 0 Å². The fourth-order valence-corrected chi connectivity index (χ4v) is 2.93. The quantitative estimate of drug-likeness (QED) is 0.828. The van der Waals surface area contributed by atoms with E-state index in [2.05, 4.69) is 17.2 Å². The van der Waals surface area contributed by atoms with Crippen molar-refractivity contribution in [3.63, 3.8) is 0 Å². The summed E-state index contributed by atoms with van der Waals surface area (Å²) in [4.78, 5) is 12.0. The van der Waals surface area contributed by atoms with Gasteiger partial charge in [-0.3, -0.25) is 4.79 Å². The van der Waals surface area contributed by atoms with Crippen LogP contribution in [-0.4, -0.2) is 17.6 Å². The molecule has 2 N–H and O–H groups in total. The van der Waals surface area contributed by atoms with Gasteiger partial charge in [0.15, 0.2) is 0 Å². The monoisotopic (exact) mass is 325 g/mol. The summed E-state index contributed by atoms with van der Waals surface area (Å²) in [6.07, 6.45) is 0. The first-order chi connectivity index (χ1) is 9.60. The zero-order valence-corrected chi connectivity index (χ0v) is 12.4. The van der Waals surface area contributed by atoms with Crippen LogP contribution >= 0.6 is 34.5 Å². The van der Waals surface area contributed by atoms with Gasteiger partial charge < -0.3 is 10.4 Å². The van der Waals surface area contributed by atoms with E-state index in [0.717, 1.165) is 16.9 Å². The average molecular weight is 326 g/mol. The summed E-state index contributed by atoms with van der Waals surface area (Å²) in [6, 6.07) is 8.48. The second-order valence-corrected chi connectivity index (χ2v) is 6.01. The molecule has 102 valence electrons. The molecule has 0 aliphatic heterocycles. The number of carbonyl (C=O) groups is 1. The lowest BCUT2D eigenvalue weighted by molar-refractivity contribution is 0.102. The van der Waals surface area contributed by atoms with Gasteiger partial charge in [0.25, 0.3) is 5.91 Å². The topological polar surface area (TPSA) is 49.3 Å². The summed E-state index contributed by atoms with van der Waals surface area (Å²) in [5.41, 5.74) is 1.74. The maximum Gasteiger partial charge on any atom is 0.258 e. The highest BCUT2D eigenvalue weighted by molar-refractivity contribution is 7.20. The van der Waals surface area contributed by atoms with Gasteiger partial charge in [0.05, 0.1) is 9.90 Å². The number of aliphatic hydroxyl groups is 1. The van der Waals surface area contributed by atoms with Gasteiger partial charge in [0, 0.05) is 11.3 Å². The third kappa shape index (κ3) is 3.75. The second kappa shape index (κ2) is 6.78. The van der Waals surface area contributed by atoms with Crippen molar-refractivity contribution in [1.29, 1.82) is 0 Å². The minimum Gasteiger partial charge on any atom is -0.384 e. The first kappa shape index (κ1) is 14.9. The number of halogens is 2. The van der Waals surface area contributed by atoms with Crippen LogP contribution in [0.4, 0.5) is 5.69 Å². The predicted octanol–water partition coefficient (Wildman–Crippen LogP) is 3.65. The Bertz CT molecular complexity index is 683. The summed E-state index contributed by atoms with van der Waals surface area (Å²) in [7, 11) is 0. The lowest BCUT2D eigenvalue weighted by atomic mass is 10.2. The molecule has 1 heterocycles. The fraction of sp³-hybridized carbons (Fsp3) is 0.0714. The van der Waals surface area contributed by atoms with Crippen molar-refractivity contribution in [1.82, 2.24) is 0 Å². The number of anilines is 1. The fourth-order valence-electron chi connectivity index (χ4n) is 1.47. The molecule has 0 radical (unpaired) electrons. The van der Waals surface area contributed by atoms with E-state index < -0.39 is 0 Å². The highest BCUT2D eigenvalue weighted by atomic mass is 35.5. The molecule has 0 unspecified atom stereocenters. The molecule has 1 aromatic carbocycles. The molecule has 2 rings (SSSR count). The van der Waals surface area contributed by atoms with Crippen LogP contribution in [-0.2, 0) is 0 Å². The van der Waals surface area contributed by atoms with Crippen molar-refractivity contribution in [2.75, 3.05) is 11.9 Å². The SMILES string of the molecule is O=C(Nc1ccc(C#CCO)cc1)c1cc(Cl)sc1Cl. The van der Waals surface area contributed by atoms with Crippen molar-refractivity contribution in [3.8, 4) is 11.8 Å². The molecule has 0 spiro atoms. The molecule has 0 saturated carbocycles. The van der Waals surface area contributed by atoms with E-state index in [1.54, 1.807) is 24.3 Å². The van der Waals surface area contributed by atoms with Crippen molar-refractivity contribution in [3.05, 3.63) is 50.1 Å². The highest BCUT2D eigenvalue weighted by Gasteiger charge is 2.14. The van der Waals surface area contributed by atoms with Crippen molar-refractivity contribution < 1.29 is 9.90 Å². The van der Waals surface area contributed by atoms with Crippen molar-refractivity contribution in [2.24, 2.45) is 0 Å². The minimum atomic E-state index is -0.313. The number of amides is 1. The van der Waals surface area contributed by atoms with Gasteiger partial charge in [-0.25, -0.2) is 0 Å². The van der Waals surface area contributed by atoms with Gasteiger partial charge >= 0.3 is 0 Å². The Morgan fingerprint density at radius 1 is 1.30 bits per heavy atom. The molecule has 2 aromatic rings. The Labute approximate surface area is 130 Å². The van der Waals surface area contributed by atoms with E-state index in [-0.39, 0.29) is 12.5 Å². The van der Waals surface area contributed by atoms with Gasteiger partial charge in [-0.15, -0.1) is 11.3 Å². The Morgan fingerprint density at radius 3 is 2.55 bits per heavy atom. The number of rotatable bonds is 2. The van der Waals surface area contributed by atoms with Crippen LogP contribution in [0.3, 0.4) is 0 Å². The van der Waals surface area contributed by atoms with Crippen LogP contribution < -0.4 is 5.32 Å². The Kier molecular flexibility index (Phi) is 5.05. The van der Waals surface area contributed by atoms with Crippen LogP contribution in [0.5, 0.6) is 0 Å². The largest absolute Gasteiger partial charge is 0.384 e. The maximum atomic E-state index is 12.0. The standard InChI is InChI=1S/C14H9Cl2NO2S/c15-12-8-11(13(16)20-12)14(19)17-10-5-3-9(4-6-10)2-1-7-18/h3-6,8,18H,7H2,(H,17,19). The van der Waals surface area contributed by atoms with Crippen molar-refractivity contribution >= 4 is 46.1 Å². The lowest BCUT2D eigenvalue weighted by Gasteiger charge is -2.04. The number of carbonyl (C=O) groups excluding carboxylic acids is 1. The molecule has 0 fully saturated rings. The third-order valence-electron chi connectivity index (χ3n) is 2.36. The van der Waals surface area contributed by atoms with E-state index >= 15 is 0 Å². The van der Waals surface area contributed by atoms with Gasteiger partial charge in [-0.2, -0.15) is 0 Å². The first-order valence-electron chi connectivity index (χ1n) is 5.56. The number of nitrogens with one attached hydrogen (secondary N) is 1. The molecule has 3 nitrogen and oxygen atoms in total. The van der Waals surface area contributed by atoms with Crippen molar-refractivity contribution in [2.45, 2.75) is 0 Å². The Hall–Kier alpha value is -1.51. The second-order valence-electron chi connectivity index (χ2n) is 3.73. The van der Waals surface area contributed by atoms with Crippen LogP contribution in [0.25, 0.3) is 0 Å². The number of aliphatic hydroxyl groups excluding tert-OH is 1. The zero-order valence-electron chi connectivity index (χ0n) is 10.1. The van der Waals surface area contributed by atoms with E-state index in [4.69, 9.17) is 28.3 Å². The van der Waals surface area contributed by atoms with Crippen LogP contribution in [0.1, 0.15) is 15.9 Å². The summed E-state index contributed by atoms with van der Waals surface area (Å²) >= 11 is 12.9. The molecule has 6 heteroatoms. The number of benzene rings is 1. The number of hydrogen-bond donors (Lipinski definition) is 2. The molecule has 0 atom stereocenters. The van der Waals surface area contributed by atoms with E-state index in [9.17, 15) is 4.79 Å². The molecular formula is C14H9Cl2NO2S. The normalized spacial score (nSPS) is 9.75. The average Bonchev–Trinajstić information content (AvgIpc) is 2.77. The molecule has 0 saturated heterocycles. The first-order valence-corrected chi connectivity index (χ1v) is 7.13. The molecule has 0 aliphatic rings. The molecule has 20 heavy (non-hydrogen) atoms. The van der Waals surface area contributed by atoms with E-state index in [1.807, 2.05) is 0 Å². The molecule has 0 aliphatic carbocycles. The summed E-state index contributed by atoms with van der Waals surface area (Å²) in [5.74, 6) is 5.01. The smallest absolute Gasteiger partial charge is 0.258 e. The summed E-state index contributed by atoms with van der Waals surface area (Å²) in [6.45, 7) is -0.185. The van der Waals surface area contributed by atoms with Crippen LogP contribution in [0.15, 0.2) is 30.3 Å². The van der Waals surface area contributed by atoms with E-state index in [1.165, 1.54) is 6.07 Å². The van der Waals surface area contributed by atoms with Crippen LogP contribution in [0.2, 0.25) is 8.67 Å². The van der Waals surface area contributed by atoms with Gasteiger partial charge in [0.1, 0.15) is 10.9 Å². The summed E-state index contributed by atoms with van der Waals surface area (Å²) < 4.78 is 0.827. The predicted molar refractivity (Wildman–Crippen MR) is 82.7 cm³/mol.